The van der Waals surface area contributed by atoms with Crippen LogP contribution in [0, 0.1) is 0 Å². The van der Waals surface area contributed by atoms with Crippen molar-refractivity contribution in [2.24, 2.45) is 5.73 Å². The van der Waals surface area contributed by atoms with Crippen LogP contribution in [0.4, 0.5) is 0 Å². The number of hydrogen-bond acceptors (Lipinski definition) is 5. The number of rotatable bonds is 9. The fraction of sp³-hybridized carbons (Fsp3) is 0.161. The van der Waals surface area contributed by atoms with Crippen LogP contribution in [-0.2, 0) is 27.4 Å². The van der Waals surface area contributed by atoms with Crippen LogP contribution >= 0.6 is 0 Å². The van der Waals surface area contributed by atoms with Crippen molar-refractivity contribution in [3.8, 4) is 16.9 Å². The van der Waals surface area contributed by atoms with E-state index in [2.05, 4.69) is 0 Å². The summed E-state index contributed by atoms with van der Waals surface area (Å²) in [6, 6.07) is 32.6. The van der Waals surface area contributed by atoms with Crippen LogP contribution in [0.2, 0.25) is 0 Å². The SMILES string of the molecule is NC(Cc1ccc(OCc2ccccc2)cc1)(C(=O)O)C(=O)OCC1c2ccccc2-c2ccccc21. The highest BCUT2D eigenvalue weighted by Crippen LogP contribution is 2.44. The molecular weight excluding hydrogens is 466 g/mol. The van der Waals surface area contributed by atoms with E-state index in [4.69, 9.17) is 15.2 Å². The number of aliphatic carboxylic acids is 1. The first-order valence-electron chi connectivity index (χ1n) is 12.1. The van der Waals surface area contributed by atoms with Gasteiger partial charge in [0.15, 0.2) is 0 Å². The average molecular weight is 494 g/mol. The van der Waals surface area contributed by atoms with Gasteiger partial charge in [0.05, 0.1) is 0 Å². The molecule has 4 aromatic rings. The monoisotopic (exact) mass is 493 g/mol. The second-order valence-electron chi connectivity index (χ2n) is 9.20. The molecule has 0 saturated carbocycles. The Balaban J connectivity index is 1.26. The van der Waals surface area contributed by atoms with Gasteiger partial charge in [0.25, 0.3) is 0 Å². The van der Waals surface area contributed by atoms with Crippen molar-refractivity contribution in [3.05, 3.63) is 125 Å². The number of carbonyl (C=O) groups excluding carboxylic acids is 1. The summed E-state index contributed by atoms with van der Waals surface area (Å²) in [6.45, 7) is 0.418. The second kappa shape index (κ2) is 10.3. The molecule has 3 N–H and O–H groups in total. The van der Waals surface area contributed by atoms with E-state index in [1.807, 2.05) is 78.9 Å². The summed E-state index contributed by atoms with van der Waals surface area (Å²) in [7, 11) is 0. The number of benzene rings is 4. The molecule has 6 nitrogen and oxygen atoms in total. The maximum Gasteiger partial charge on any atom is 0.338 e. The molecule has 186 valence electrons. The van der Waals surface area contributed by atoms with Crippen molar-refractivity contribution in [1.82, 2.24) is 0 Å². The molecule has 0 aliphatic heterocycles. The van der Waals surface area contributed by atoms with E-state index < -0.39 is 17.5 Å². The molecule has 1 unspecified atom stereocenters. The second-order valence-corrected chi connectivity index (χ2v) is 9.20. The molecule has 5 rings (SSSR count). The molecule has 0 saturated heterocycles. The van der Waals surface area contributed by atoms with Gasteiger partial charge in [-0.25, -0.2) is 9.59 Å². The molecule has 0 spiro atoms. The van der Waals surface area contributed by atoms with Crippen LogP contribution in [0.15, 0.2) is 103 Å². The quantitative estimate of drug-likeness (QED) is 0.253. The van der Waals surface area contributed by atoms with Crippen LogP contribution in [0.3, 0.4) is 0 Å². The molecule has 0 bridgehead atoms. The first-order valence-corrected chi connectivity index (χ1v) is 12.1. The molecule has 0 radical (unpaired) electrons. The normalized spacial score (nSPS) is 13.8. The first-order chi connectivity index (χ1) is 18.0. The van der Waals surface area contributed by atoms with Gasteiger partial charge in [-0.3, -0.25) is 0 Å². The number of carboxylic acid groups (broad SMARTS) is 1. The Kier molecular flexibility index (Phi) is 6.75. The minimum absolute atomic E-state index is 0.00531. The highest BCUT2D eigenvalue weighted by atomic mass is 16.5. The molecule has 4 aromatic carbocycles. The molecule has 0 heterocycles. The van der Waals surface area contributed by atoms with Gasteiger partial charge in [-0.15, -0.1) is 0 Å². The first kappa shape index (κ1) is 24.3. The number of nitrogens with two attached hydrogens (primary N) is 1. The maximum atomic E-state index is 13.1. The zero-order chi connectivity index (χ0) is 25.8. The predicted octanol–water partition coefficient (Wildman–Crippen LogP) is 4.95. The Bertz CT molecular complexity index is 1370. The average Bonchev–Trinajstić information content (AvgIpc) is 3.25. The third kappa shape index (κ3) is 4.97. The van der Waals surface area contributed by atoms with Gasteiger partial charge in [-0.1, -0.05) is 91.0 Å². The summed E-state index contributed by atoms with van der Waals surface area (Å²) in [4.78, 5) is 25.2. The van der Waals surface area contributed by atoms with Crippen molar-refractivity contribution in [2.75, 3.05) is 6.61 Å². The van der Waals surface area contributed by atoms with Crippen molar-refractivity contribution in [3.63, 3.8) is 0 Å². The molecule has 37 heavy (non-hydrogen) atoms. The van der Waals surface area contributed by atoms with Crippen LogP contribution in [0.5, 0.6) is 5.75 Å². The number of esters is 1. The topological polar surface area (TPSA) is 98.9 Å². The molecule has 0 amide bonds. The number of carbonyl (C=O) groups is 2. The van der Waals surface area contributed by atoms with Crippen LogP contribution in [0.1, 0.15) is 28.2 Å². The number of ether oxygens (including phenoxy) is 2. The summed E-state index contributed by atoms with van der Waals surface area (Å²) in [5.41, 5.74) is 9.83. The van der Waals surface area contributed by atoms with Crippen LogP contribution in [0.25, 0.3) is 11.1 Å². The minimum atomic E-state index is -2.22. The highest BCUT2D eigenvalue weighted by Gasteiger charge is 2.45. The number of hydrogen-bond donors (Lipinski definition) is 2. The number of fused-ring (bicyclic) bond motifs is 3. The van der Waals surface area contributed by atoms with Crippen molar-refractivity contribution in [2.45, 2.75) is 24.5 Å². The lowest BCUT2D eigenvalue weighted by Gasteiger charge is -2.24. The lowest BCUT2D eigenvalue weighted by atomic mass is 9.91. The van der Waals surface area contributed by atoms with Gasteiger partial charge >= 0.3 is 11.9 Å². The standard InChI is InChI=1S/C31H27NO5/c32-31(29(33)34,18-21-14-16-23(17-15-21)36-19-22-8-2-1-3-9-22)30(35)37-20-28-26-12-6-4-10-24(26)25-11-5-7-13-27(25)28/h1-17,28H,18-20,32H2,(H,33,34). The van der Waals surface area contributed by atoms with E-state index in [1.165, 1.54) is 0 Å². The van der Waals surface area contributed by atoms with Crippen molar-refractivity contribution >= 4 is 11.9 Å². The summed E-state index contributed by atoms with van der Waals surface area (Å²) in [5.74, 6) is -1.96. The van der Waals surface area contributed by atoms with Gasteiger partial charge < -0.3 is 20.3 Å². The zero-order valence-corrected chi connectivity index (χ0v) is 20.2. The lowest BCUT2D eigenvalue weighted by molar-refractivity contribution is -0.161. The minimum Gasteiger partial charge on any atom is -0.489 e. The largest absolute Gasteiger partial charge is 0.489 e. The molecule has 1 atom stereocenters. The Morgan fingerprint density at radius 1 is 0.757 bits per heavy atom. The van der Waals surface area contributed by atoms with E-state index in [0.717, 1.165) is 27.8 Å². The van der Waals surface area contributed by atoms with Crippen molar-refractivity contribution < 1.29 is 24.2 Å². The molecule has 0 aromatic heterocycles. The highest BCUT2D eigenvalue weighted by molar-refractivity contribution is 6.04. The third-order valence-electron chi connectivity index (χ3n) is 6.74. The Morgan fingerprint density at radius 3 is 1.92 bits per heavy atom. The summed E-state index contributed by atoms with van der Waals surface area (Å²) >= 11 is 0. The van der Waals surface area contributed by atoms with Crippen LogP contribution in [-0.4, -0.2) is 29.2 Å². The molecule has 0 fully saturated rings. The fourth-order valence-corrected chi connectivity index (χ4v) is 4.73. The van der Waals surface area contributed by atoms with Gasteiger partial charge in [0.2, 0.25) is 5.54 Å². The van der Waals surface area contributed by atoms with Crippen molar-refractivity contribution in [1.29, 1.82) is 0 Å². The smallest absolute Gasteiger partial charge is 0.338 e. The molecule has 1 aliphatic carbocycles. The molecular formula is C31H27NO5. The molecule has 6 heteroatoms. The van der Waals surface area contributed by atoms with E-state index in [1.54, 1.807) is 24.3 Å². The lowest BCUT2D eigenvalue weighted by Crippen LogP contribution is -2.57. The summed E-state index contributed by atoms with van der Waals surface area (Å²) in [6.07, 6.45) is -0.210. The van der Waals surface area contributed by atoms with Gasteiger partial charge in [-0.05, 0) is 45.5 Å². The van der Waals surface area contributed by atoms with E-state index in [0.29, 0.717) is 17.9 Å². The third-order valence-corrected chi connectivity index (χ3v) is 6.74. The van der Waals surface area contributed by atoms with E-state index in [-0.39, 0.29) is 18.9 Å². The molecule has 1 aliphatic rings. The van der Waals surface area contributed by atoms with Gasteiger partial charge in [0.1, 0.15) is 19.0 Å². The number of carboxylic acids is 1. The summed E-state index contributed by atoms with van der Waals surface area (Å²) in [5, 5.41) is 9.89. The Morgan fingerprint density at radius 2 is 1.32 bits per heavy atom. The summed E-state index contributed by atoms with van der Waals surface area (Å²) < 4.78 is 11.4. The van der Waals surface area contributed by atoms with Gasteiger partial charge in [0, 0.05) is 12.3 Å². The fourth-order valence-electron chi connectivity index (χ4n) is 4.73. The maximum absolute atomic E-state index is 13.1. The van der Waals surface area contributed by atoms with Crippen LogP contribution < -0.4 is 10.5 Å². The van der Waals surface area contributed by atoms with Gasteiger partial charge in [-0.2, -0.15) is 0 Å². The zero-order valence-electron chi connectivity index (χ0n) is 20.2. The van der Waals surface area contributed by atoms with E-state index >= 15 is 0 Å². The Hall–Kier alpha value is -4.42. The van der Waals surface area contributed by atoms with E-state index in [9.17, 15) is 14.7 Å². The predicted molar refractivity (Wildman–Crippen MR) is 140 cm³/mol. The Labute approximate surface area is 215 Å².